The van der Waals surface area contributed by atoms with Gasteiger partial charge in [0.1, 0.15) is 5.25 Å². The van der Waals surface area contributed by atoms with E-state index in [4.69, 9.17) is 5.73 Å². The lowest BCUT2D eigenvalue weighted by molar-refractivity contribution is -0.115. The van der Waals surface area contributed by atoms with Crippen molar-refractivity contribution in [1.29, 1.82) is 0 Å². The van der Waals surface area contributed by atoms with Crippen molar-refractivity contribution in [3.63, 3.8) is 0 Å². The average Bonchev–Trinajstić information content (AvgIpc) is 2.29. The lowest BCUT2D eigenvalue weighted by Gasteiger charge is -2.15. The highest BCUT2D eigenvalue weighted by atomic mass is 32.2. The Morgan fingerprint density at radius 3 is 2.37 bits per heavy atom. The number of hydrogen-bond acceptors (Lipinski definition) is 4. The number of benzene rings is 1. The first-order chi connectivity index (χ1) is 8.74. The van der Waals surface area contributed by atoms with E-state index >= 15 is 0 Å². The molecule has 106 valence electrons. The number of nitrogen functional groups attached to an aromatic ring is 1. The summed E-state index contributed by atoms with van der Waals surface area (Å²) in [6, 6.07) is 6.74. The fraction of sp³-hybridized carbons (Fsp3) is 0.462. The van der Waals surface area contributed by atoms with Crippen molar-refractivity contribution < 1.29 is 13.2 Å². The van der Waals surface area contributed by atoms with E-state index in [1.807, 2.05) is 0 Å². The second-order valence-corrected chi connectivity index (χ2v) is 7.31. The van der Waals surface area contributed by atoms with Crippen LogP contribution in [0.2, 0.25) is 0 Å². The van der Waals surface area contributed by atoms with E-state index in [0.29, 0.717) is 11.4 Å². The normalized spacial score (nSPS) is 13.3. The zero-order chi connectivity index (χ0) is 14.6. The number of carbonyl (C=O) groups excluding carboxylic acids is 1. The molecule has 6 heteroatoms. The van der Waals surface area contributed by atoms with Crippen LogP contribution in [0.25, 0.3) is 0 Å². The van der Waals surface area contributed by atoms with Crippen LogP contribution in [0.15, 0.2) is 24.3 Å². The SMILES string of the molecule is CC(C)CS(=O)(=O)C(C)C(=O)Nc1ccccc1N. The average molecular weight is 284 g/mol. The van der Waals surface area contributed by atoms with Gasteiger partial charge in [0.25, 0.3) is 0 Å². The minimum atomic E-state index is -3.44. The minimum Gasteiger partial charge on any atom is -0.397 e. The van der Waals surface area contributed by atoms with Crippen LogP contribution in [0.4, 0.5) is 11.4 Å². The molecule has 1 aromatic rings. The van der Waals surface area contributed by atoms with Crippen LogP contribution in [-0.4, -0.2) is 25.3 Å². The zero-order valence-electron chi connectivity index (χ0n) is 11.4. The van der Waals surface area contributed by atoms with Crippen LogP contribution in [0.1, 0.15) is 20.8 Å². The van der Waals surface area contributed by atoms with E-state index in [-0.39, 0.29) is 11.7 Å². The number of sulfone groups is 1. The molecule has 1 aromatic carbocycles. The van der Waals surface area contributed by atoms with Gasteiger partial charge in [-0.05, 0) is 25.0 Å². The van der Waals surface area contributed by atoms with Crippen LogP contribution < -0.4 is 11.1 Å². The monoisotopic (exact) mass is 284 g/mol. The number of amides is 1. The number of rotatable bonds is 5. The maximum Gasteiger partial charge on any atom is 0.242 e. The highest BCUT2D eigenvalue weighted by Gasteiger charge is 2.28. The van der Waals surface area contributed by atoms with Gasteiger partial charge in [-0.2, -0.15) is 0 Å². The van der Waals surface area contributed by atoms with Crippen molar-refractivity contribution in [2.75, 3.05) is 16.8 Å². The summed E-state index contributed by atoms with van der Waals surface area (Å²) >= 11 is 0. The highest BCUT2D eigenvalue weighted by molar-refractivity contribution is 7.92. The van der Waals surface area contributed by atoms with E-state index in [0.717, 1.165) is 0 Å². The van der Waals surface area contributed by atoms with E-state index in [1.165, 1.54) is 6.92 Å². The van der Waals surface area contributed by atoms with Crippen LogP contribution in [-0.2, 0) is 14.6 Å². The molecule has 0 saturated carbocycles. The molecule has 0 saturated heterocycles. The predicted octanol–water partition coefficient (Wildman–Crippen LogP) is 1.67. The fourth-order valence-electron chi connectivity index (χ4n) is 1.62. The van der Waals surface area contributed by atoms with Gasteiger partial charge in [-0.15, -0.1) is 0 Å². The largest absolute Gasteiger partial charge is 0.397 e. The Morgan fingerprint density at radius 1 is 1.26 bits per heavy atom. The minimum absolute atomic E-state index is 0.00808. The lowest BCUT2D eigenvalue weighted by atomic mass is 10.2. The van der Waals surface area contributed by atoms with Crippen molar-refractivity contribution in [1.82, 2.24) is 0 Å². The number of para-hydroxylation sites is 2. The molecule has 0 aliphatic rings. The molecule has 0 spiro atoms. The summed E-state index contributed by atoms with van der Waals surface area (Å²) in [5.74, 6) is -0.577. The van der Waals surface area contributed by atoms with Crippen molar-refractivity contribution in [3.05, 3.63) is 24.3 Å². The van der Waals surface area contributed by atoms with E-state index in [9.17, 15) is 13.2 Å². The van der Waals surface area contributed by atoms with Crippen molar-refractivity contribution in [2.45, 2.75) is 26.0 Å². The van der Waals surface area contributed by atoms with Gasteiger partial charge in [0.05, 0.1) is 17.1 Å². The van der Waals surface area contributed by atoms with Gasteiger partial charge in [-0.25, -0.2) is 8.42 Å². The molecule has 0 aliphatic heterocycles. The first-order valence-corrected chi connectivity index (χ1v) is 7.82. The summed E-state index contributed by atoms with van der Waals surface area (Å²) in [6.07, 6.45) is 0. The molecular weight excluding hydrogens is 264 g/mol. The molecule has 19 heavy (non-hydrogen) atoms. The maximum absolute atomic E-state index is 12.0. The summed E-state index contributed by atoms with van der Waals surface area (Å²) < 4.78 is 23.9. The van der Waals surface area contributed by atoms with E-state index in [2.05, 4.69) is 5.32 Å². The Bertz CT molecular complexity index is 553. The number of hydrogen-bond donors (Lipinski definition) is 2. The van der Waals surface area contributed by atoms with Gasteiger partial charge in [0.15, 0.2) is 9.84 Å². The molecule has 3 N–H and O–H groups in total. The van der Waals surface area contributed by atoms with Crippen LogP contribution >= 0.6 is 0 Å². The molecule has 1 rings (SSSR count). The summed E-state index contributed by atoms with van der Waals surface area (Å²) in [5, 5.41) is 1.46. The Kier molecular flexibility index (Phi) is 4.94. The van der Waals surface area contributed by atoms with E-state index < -0.39 is 21.0 Å². The molecule has 1 amide bonds. The third-order valence-corrected chi connectivity index (χ3v) is 5.11. The first-order valence-electron chi connectivity index (χ1n) is 6.11. The number of carbonyl (C=O) groups is 1. The first kappa shape index (κ1) is 15.5. The van der Waals surface area contributed by atoms with Crippen molar-refractivity contribution in [2.24, 2.45) is 5.92 Å². The summed E-state index contributed by atoms with van der Waals surface area (Å²) in [4.78, 5) is 11.9. The summed E-state index contributed by atoms with van der Waals surface area (Å²) in [6.45, 7) is 5.00. The third-order valence-electron chi connectivity index (χ3n) is 2.69. The molecule has 0 bridgehead atoms. The Balaban J connectivity index is 2.82. The summed E-state index contributed by atoms with van der Waals surface area (Å²) in [5.41, 5.74) is 6.53. The Labute approximate surface area is 114 Å². The van der Waals surface area contributed by atoms with Crippen molar-refractivity contribution in [3.8, 4) is 0 Å². The molecule has 5 nitrogen and oxygen atoms in total. The fourth-order valence-corrected chi connectivity index (χ4v) is 3.22. The van der Waals surface area contributed by atoms with Gasteiger partial charge < -0.3 is 11.1 Å². The van der Waals surface area contributed by atoms with Crippen LogP contribution in [0, 0.1) is 5.92 Å². The topological polar surface area (TPSA) is 89.3 Å². The third kappa shape index (κ3) is 4.24. The standard InChI is InChI=1S/C13H20N2O3S/c1-9(2)8-19(17,18)10(3)13(16)15-12-7-5-4-6-11(12)14/h4-7,9-10H,8,14H2,1-3H3,(H,15,16). The molecule has 0 fully saturated rings. The van der Waals surface area contributed by atoms with Crippen molar-refractivity contribution >= 4 is 27.1 Å². The Morgan fingerprint density at radius 2 is 1.84 bits per heavy atom. The number of anilines is 2. The number of nitrogens with two attached hydrogens (primary N) is 1. The second kappa shape index (κ2) is 6.06. The summed E-state index contributed by atoms with van der Waals surface area (Å²) in [7, 11) is -3.44. The molecular formula is C13H20N2O3S. The van der Waals surface area contributed by atoms with Crippen LogP contribution in [0.5, 0.6) is 0 Å². The molecule has 0 heterocycles. The molecule has 1 atom stereocenters. The Hall–Kier alpha value is -1.56. The molecule has 1 unspecified atom stereocenters. The lowest BCUT2D eigenvalue weighted by Crippen LogP contribution is -2.35. The van der Waals surface area contributed by atoms with Gasteiger partial charge in [0, 0.05) is 0 Å². The number of nitrogens with one attached hydrogen (secondary N) is 1. The van der Waals surface area contributed by atoms with Gasteiger partial charge in [-0.1, -0.05) is 26.0 Å². The molecule has 0 aromatic heterocycles. The van der Waals surface area contributed by atoms with Gasteiger partial charge in [-0.3, -0.25) is 4.79 Å². The van der Waals surface area contributed by atoms with E-state index in [1.54, 1.807) is 38.1 Å². The smallest absolute Gasteiger partial charge is 0.242 e. The van der Waals surface area contributed by atoms with Gasteiger partial charge in [0.2, 0.25) is 5.91 Å². The maximum atomic E-state index is 12.0. The second-order valence-electron chi connectivity index (χ2n) is 4.94. The molecule has 0 aliphatic carbocycles. The zero-order valence-corrected chi connectivity index (χ0v) is 12.2. The van der Waals surface area contributed by atoms with Crippen LogP contribution in [0.3, 0.4) is 0 Å². The quantitative estimate of drug-likeness (QED) is 0.805. The van der Waals surface area contributed by atoms with Gasteiger partial charge >= 0.3 is 0 Å². The molecule has 0 radical (unpaired) electrons. The predicted molar refractivity (Wildman–Crippen MR) is 77.6 cm³/mol. The highest BCUT2D eigenvalue weighted by Crippen LogP contribution is 2.18.